The summed E-state index contributed by atoms with van der Waals surface area (Å²) >= 11 is 0. The van der Waals surface area contributed by atoms with E-state index >= 15 is 0 Å². The van der Waals surface area contributed by atoms with Crippen LogP contribution in [0.25, 0.3) is 0 Å². The molecule has 2 unspecified atom stereocenters. The Bertz CT molecular complexity index is 391. The Hall–Kier alpha value is -1.30. The smallest absolute Gasteiger partial charge is 0.327 e. The van der Waals surface area contributed by atoms with E-state index in [4.69, 9.17) is 4.74 Å². The van der Waals surface area contributed by atoms with Crippen LogP contribution >= 0.6 is 0 Å². The molecule has 6 nitrogen and oxygen atoms in total. The number of likely N-dealkylation sites (tertiary alicyclic amines) is 1. The Labute approximate surface area is 125 Å². The van der Waals surface area contributed by atoms with Gasteiger partial charge in [-0.15, -0.1) is 0 Å². The summed E-state index contributed by atoms with van der Waals surface area (Å²) < 4.78 is 5.58. The number of nitrogens with zero attached hydrogens (tertiary/aromatic N) is 1. The maximum atomic E-state index is 12.3. The van der Waals surface area contributed by atoms with Gasteiger partial charge in [0.05, 0.1) is 6.10 Å². The van der Waals surface area contributed by atoms with Crippen LogP contribution in [0.15, 0.2) is 0 Å². The zero-order valence-electron chi connectivity index (χ0n) is 12.9. The van der Waals surface area contributed by atoms with Crippen molar-refractivity contribution < 1.29 is 19.4 Å². The van der Waals surface area contributed by atoms with Crippen molar-refractivity contribution in [1.82, 2.24) is 10.2 Å². The van der Waals surface area contributed by atoms with Crippen molar-refractivity contribution in [3.63, 3.8) is 0 Å². The molecule has 2 rings (SSSR count). The van der Waals surface area contributed by atoms with Gasteiger partial charge in [0.25, 0.3) is 0 Å². The number of piperidine rings is 1. The first-order chi connectivity index (χ1) is 9.92. The van der Waals surface area contributed by atoms with Gasteiger partial charge < -0.3 is 20.1 Å². The molecule has 2 saturated heterocycles. The highest BCUT2D eigenvalue weighted by Crippen LogP contribution is 2.35. The lowest BCUT2D eigenvalue weighted by atomic mass is 9.76. The van der Waals surface area contributed by atoms with Crippen LogP contribution < -0.4 is 5.32 Å². The second-order valence-electron chi connectivity index (χ2n) is 6.70. The Morgan fingerprint density at radius 2 is 2.10 bits per heavy atom. The van der Waals surface area contributed by atoms with Crippen LogP contribution in [0.2, 0.25) is 0 Å². The Balaban J connectivity index is 1.94. The minimum atomic E-state index is -0.927. The van der Waals surface area contributed by atoms with Crippen LogP contribution in [0.3, 0.4) is 0 Å². The largest absolute Gasteiger partial charge is 0.480 e. The molecule has 2 heterocycles. The van der Waals surface area contributed by atoms with Crippen molar-refractivity contribution in [1.29, 1.82) is 0 Å². The molecule has 0 spiro atoms. The van der Waals surface area contributed by atoms with E-state index in [2.05, 4.69) is 5.32 Å². The molecule has 21 heavy (non-hydrogen) atoms. The molecule has 0 saturated carbocycles. The van der Waals surface area contributed by atoms with Crippen LogP contribution in [0, 0.1) is 5.41 Å². The fourth-order valence-corrected chi connectivity index (χ4v) is 3.35. The second-order valence-corrected chi connectivity index (χ2v) is 6.70. The van der Waals surface area contributed by atoms with Gasteiger partial charge in [-0.25, -0.2) is 9.59 Å². The summed E-state index contributed by atoms with van der Waals surface area (Å²) in [5.74, 6) is -0.927. The highest BCUT2D eigenvalue weighted by molar-refractivity contribution is 5.83. The number of carboxylic acid groups (broad SMARTS) is 1. The number of ether oxygens (including phenoxy) is 1. The van der Waals surface area contributed by atoms with E-state index in [1.807, 2.05) is 13.8 Å². The van der Waals surface area contributed by atoms with Gasteiger partial charge in [0, 0.05) is 19.7 Å². The van der Waals surface area contributed by atoms with E-state index in [1.54, 1.807) is 0 Å². The Morgan fingerprint density at radius 3 is 2.71 bits per heavy atom. The van der Waals surface area contributed by atoms with E-state index in [9.17, 15) is 14.7 Å². The van der Waals surface area contributed by atoms with Crippen LogP contribution in [0.1, 0.15) is 46.0 Å². The number of carboxylic acids is 1. The molecule has 2 fully saturated rings. The normalized spacial score (nSPS) is 29.0. The van der Waals surface area contributed by atoms with Gasteiger partial charge in [-0.1, -0.05) is 13.8 Å². The Morgan fingerprint density at radius 1 is 1.33 bits per heavy atom. The average molecular weight is 298 g/mol. The molecule has 0 aromatic rings. The summed E-state index contributed by atoms with van der Waals surface area (Å²) in [6.07, 6.45) is 4.86. The molecule has 2 aliphatic rings. The van der Waals surface area contributed by atoms with Crippen molar-refractivity contribution in [2.45, 2.75) is 58.1 Å². The van der Waals surface area contributed by atoms with Crippen LogP contribution in [-0.4, -0.2) is 53.8 Å². The highest BCUT2D eigenvalue weighted by atomic mass is 16.5. The van der Waals surface area contributed by atoms with E-state index in [-0.39, 0.29) is 12.1 Å². The number of urea groups is 1. The van der Waals surface area contributed by atoms with Crippen molar-refractivity contribution in [3.05, 3.63) is 0 Å². The molecule has 120 valence electrons. The molecule has 2 N–H and O–H groups in total. The zero-order valence-corrected chi connectivity index (χ0v) is 12.9. The predicted octanol–water partition coefficient (Wildman–Crippen LogP) is 1.84. The summed E-state index contributed by atoms with van der Waals surface area (Å²) in [4.78, 5) is 25.4. The molecule has 2 amide bonds. The molecule has 2 atom stereocenters. The predicted molar refractivity (Wildman–Crippen MR) is 78.1 cm³/mol. The van der Waals surface area contributed by atoms with Crippen molar-refractivity contribution in [2.75, 3.05) is 19.7 Å². The number of rotatable bonds is 3. The van der Waals surface area contributed by atoms with E-state index in [1.165, 1.54) is 4.90 Å². The Kier molecular flexibility index (Phi) is 5.08. The first-order valence-corrected chi connectivity index (χ1v) is 7.81. The number of hydrogen-bond acceptors (Lipinski definition) is 3. The third-order valence-corrected chi connectivity index (χ3v) is 4.52. The number of carbonyl (C=O) groups is 2. The van der Waals surface area contributed by atoms with E-state index < -0.39 is 17.4 Å². The third-order valence-electron chi connectivity index (χ3n) is 4.52. The average Bonchev–Trinajstić information content (AvgIpc) is 2.44. The number of hydrogen-bond donors (Lipinski definition) is 2. The van der Waals surface area contributed by atoms with Crippen LogP contribution in [-0.2, 0) is 9.53 Å². The molecule has 0 radical (unpaired) electrons. The number of aliphatic carboxylic acids is 1. The van der Waals surface area contributed by atoms with Crippen molar-refractivity contribution in [3.8, 4) is 0 Å². The standard InChI is InChI=1S/C15H26N2O4/c1-15(2)7-5-8-17(12(15)13(18)19)14(20)16-10-11-6-3-4-9-21-11/h11-12H,3-10H2,1-2H3,(H,16,20)(H,18,19). The molecular weight excluding hydrogens is 272 g/mol. The molecule has 6 heteroatoms. The first kappa shape index (κ1) is 16.1. The third kappa shape index (κ3) is 3.87. The molecule has 0 aromatic carbocycles. The highest BCUT2D eigenvalue weighted by Gasteiger charge is 2.44. The van der Waals surface area contributed by atoms with Gasteiger partial charge in [0.1, 0.15) is 6.04 Å². The van der Waals surface area contributed by atoms with Crippen molar-refractivity contribution >= 4 is 12.0 Å². The summed E-state index contributed by atoms with van der Waals surface area (Å²) in [6, 6.07) is -1.05. The van der Waals surface area contributed by atoms with E-state index in [0.29, 0.717) is 13.1 Å². The van der Waals surface area contributed by atoms with Crippen LogP contribution in [0.4, 0.5) is 4.79 Å². The van der Waals surface area contributed by atoms with E-state index in [0.717, 1.165) is 38.7 Å². The summed E-state index contributed by atoms with van der Waals surface area (Å²) in [5.41, 5.74) is -0.400. The summed E-state index contributed by atoms with van der Waals surface area (Å²) in [7, 11) is 0. The molecule has 2 aliphatic heterocycles. The maximum Gasteiger partial charge on any atom is 0.327 e. The quantitative estimate of drug-likeness (QED) is 0.833. The lowest BCUT2D eigenvalue weighted by molar-refractivity contribution is -0.148. The molecule has 0 aliphatic carbocycles. The minimum Gasteiger partial charge on any atom is -0.480 e. The number of amides is 2. The zero-order chi connectivity index (χ0) is 15.5. The van der Waals surface area contributed by atoms with Gasteiger partial charge in [0.15, 0.2) is 0 Å². The van der Waals surface area contributed by atoms with Gasteiger partial charge in [-0.05, 0) is 37.5 Å². The lowest BCUT2D eigenvalue weighted by Gasteiger charge is -2.43. The molecule has 0 bridgehead atoms. The van der Waals surface area contributed by atoms with Crippen LogP contribution in [0.5, 0.6) is 0 Å². The SMILES string of the molecule is CC1(C)CCCN(C(=O)NCC2CCCCO2)C1C(=O)O. The number of carbonyl (C=O) groups excluding carboxylic acids is 1. The number of nitrogens with one attached hydrogen (secondary N) is 1. The van der Waals surface area contributed by atoms with Gasteiger partial charge in [-0.3, -0.25) is 0 Å². The lowest BCUT2D eigenvalue weighted by Crippen LogP contribution is -2.59. The van der Waals surface area contributed by atoms with Gasteiger partial charge in [0.2, 0.25) is 0 Å². The molecular formula is C15H26N2O4. The van der Waals surface area contributed by atoms with Gasteiger partial charge in [-0.2, -0.15) is 0 Å². The minimum absolute atomic E-state index is 0.0591. The molecule has 0 aromatic heterocycles. The second kappa shape index (κ2) is 6.64. The fourth-order valence-electron chi connectivity index (χ4n) is 3.35. The first-order valence-electron chi connectivity index (χ1n) is 7.81. The maximum absolute atomic E-state index is 12.3. The summed E-state index contributed by atoms with van der Waals surface area (Å²) in [6.45, 7) is 5.53. The topological polar surface area (TPSA) is 78.9 Å². The summed E-state index contributed by atoms with van der Waals surface area (Å²) in [5, 5.41) is 12.3. The van der Waals surface area contributed by atoms with Gasteiger partial charge >= 0.3 is 12.0 Å². The van der Waals surface area contributed by atoms with Crippen molar-refractivity contribution in [2.24, 2.45) is 5.41 Å². The monoisotopic (exact) mass is 298 g/mol. The fraction of sp³-hybridized carbons (Fsp3) is 0.867.